The topological polar surface area (TPSA) is 17.8 Å². The maximum atomic E-state index is 4.54. The van der Waals surface area contributed by atoms with Gasteiger partial charge in [0.15, 0.2) is 0 Å². The van der Waals surface area contributed by atoms with Gasteiger partial charge < -0.3 is 0 Å². The molecule has 0 unspecified atom stereocenters. The van der Waals surface area contributed by atoms with Gasteiger partial charge in [0.25, 0.3) is 0 Å². The molecule has 1 rings (SSSR count). The zero-order valence-corrected chi connectivity index (χ0v) is 9.17. The van der Waals surface area contributed by atoms with Gasteiger partial charge in [-0.05, 0) is 12.5 Å². The average Bonchev–Trinajstić information content (AvgIpc) is 2.47. The quantitative estimate of drug-likeness (QED) is 0.699. The van der Waals surface area contributed by atoms with Gasteiger partial charge in [-0.2, -0.15) is 5.10 Å². The summed E-state index contributed by atoms with van der Waals surface area (Å²) in [6.07, 6.45) is 4.52. The van der Waals surface area contributed by atoms with E-state index in [9.17, 15) is 0 Å². The number of hydrogen-bond acceptors (Lipinski definition) is 1. The van der Waals surface area contributed by atoms with E-state index in [1.165, 1.54) is 18.5 Å². The second kappa shape index (κ2) is 3.95. The number of unbranched alkanes of at least 4 members (excludes halogenated alkanes) is 1. The lowest BCUT2D eigenvalue weighted by Crippen LogP contribution is -2.13. The summed E-state index contributed by atoms with van der Waals surface area (Å²) in [5, 5.41) is 4.54. The van der Waals surface area contributed by atoms with Gasteiger partial charge in [-0.25, -0.2) is 0 Å². The Morgan fingerprint density at radius 3 is 2.54 bits per heavy atom. The van der Waals surface area contributed by atoms with Gasteiger partial charge in [-0.3, -0.25) is 4.68 Å². The maximum Gasteiger partial charge on any atom is 0.0677 e. The summed E-state index contributed by atoms with van der Waals surface area (Å²) in [5.41, 5.74) is 1.36. The molecule has 0 fully saturated rings. The van der Waals surface area contributed by atoms with Crippen LogP contribution in [0.1, 0.15) is 46.2 Å². The van der Waals surface area contributed by atoms with Crippen molar-refractivity contribution < 1.29 is 0 Å². The molecule has 0 radical (unpaired) electrons. The third kappa shape index (κ3) is 2.87. The summed E-state index contributed by atoms with van der Waals surface area (Å²) in [5.74, 6) is 0. The summed E-state index contributed by atoms with van der Waals surface area (Å²) in [6, 6.07) is 2.12. The van der Waals surface area contributed by atoms with Crippen molar-refractivity contribution in [2.75, 3.05) is 0 Å². The van der Waals surface area contributed by atoms with E-state index in [0.717, 1.165) is 6.54 Å². The molecule has 1 aromatic rings. The van der Waals surface area contributed by atoms with Crippen LogP contribution in [0.25, 0.3) is 0 Å². The Morgan fingerprint density at radius 1 is 1.38 bits per heavy atom. The molecule has 0 aliphatic rings. The van der Waals surface area contributed by atoms with Crippen LogP contribution in [0.3, 0.4) is 0 Å². The van der Waals surface area contributed by atoms with Gasteiger partial charge in [0.1, 0.15) is 0 Å². The van der Waals surface area contributed by atoms with Gasteiger partial charge in [-0.15, -0.1) is 0 Å². The molecule has 0 bridgehead atoms. The predicted octanol–water partition coefficient (Wildman–Crippen LogP) is 2.98. The largest absolute Gasteiger partial charge is 0.272 e. The van der Waals surface area contributed by atoms with Crippen LogP contribution in [0.15, 0.2) is 12.3 Å². The van der Waals surface area contributed by atoms with Crippen molar-refractivity contribution in [1.29, 1.82) is 0 Å². The van der Waals surface area contributed by atoms with Crippen LogP contribution >= 0.6 is 0 Å². The Hall–Kier alpha value is -0.790. The molecule has 0 N–H and O–H groups in total. The highest BCUT2D eigenvalue weighted by atomic mass is 15.3. The Morgan fingerprint density at radius 2 is 2.08 bits per heavy atom. The molecule has 0 aliphatic carbocycles. The summed E-state index contributed by atoms with van der Waals surface area (Å²) in [7, 11) is 0. The first-order valence-corrected chi connectivity index (χ1v) is 5.08. The van der Waals surface area contributed by atoms with Crippen molar-refractivity contribution in [3.8, 4) is 0 Å². The number of aromatic nitrogens is 2. The number of hydrogen-bond donors (Lipinski definition) is 0. The minimum Gasteiger partial charge on any atom is -0.272 e. The number of aryl methyl sites for hydroxylation is 1. The highest BCUT2D eigenvalue weighted by Crippen LogP contribution is 2.19. The SMILES string of the molecule is CCCCn1ccc(C(C)(C)C)n1. The Bertz CT molecular complexity index is 255. The lowest BCUT2D eigenvalue weighted by atomic mass is 9.93. The van der Waals surface area contributed by atoms with E-state index >= 15 is 0 Å². The molecule has 0 saturated carbocycles. The number of nitrogens with zero attached hydrogens (tertiary/aromatic N) is 2. The van der Waals surface area contributed by atoms with Crippen LogP contribution in [0, 0.1) is 0 Å². The third-order valence-corrected chi connectivity index (χ3v) is 2.15. The van der Waals surface area contributed by atoms with E-state index in [2.05, 4.69) is 45.1 Å². The van der Waals surface area contributed by atoms with Gasteiger partial charge in [0.2, 0.25) is 0 Å². The van der Waals surface area contributed by atoms with Gasteiger partial charge in [0, 0.05) is 18.2 Å². The van der Waals surface area contributed by atoms with Crippen LogP contribution in [0.4, 0.5) is 0 Å². The first kappa shape index (κ1) is 10.3. The van der Waals surface area contributed by atoms with Crippen molar-refractivity contribution in [2.24, 2.45) is 0 Å². The Balaban J connectivity index is 2.64. The molecule has 13 heavy (non-hydrogen) atoms. The predicted molar refractivity (Wildman–Crippen MR) is 55.8 cm³/mol. The molecular formula is C11H20N2. The van der Waals surface area contributed by atoms with Crippen molar-refractivity contribution in [2.45, 2.75) is 52.5 Å². The highest BCUT2D eigenvalue weighted by Gasteiger charge is 2.16. The second-order valence-corrected chi connectivity index (χ2v) is 4.57. The minimum absolute atomic E-state index is 0.178. The van der Waals surface area contributed by atoms with Crippen LogP contribution in [0.5, 0.6) is 0 Å². The molecule has 2 nitrogen and oxygen atoms in total. The standard InChI is InChI=1S/C11H20N2/c1-5-6-8-13-9-7-10(12-13)11(2,3)4/h7,9H,5-6,8H2,1-4H3. The zero-order valence-electron chi connectivity index (χ0n) is 9.17. The van der Waals surface area contributed by atoms with E-state index in [-0.39, 0.29) is 5.41 Å². The van der Waals surface area contributed by atoms with E-state index in [0.29, 0.717) is 0 Å². The Kier molecular flexibility index (Phi) is 3.12. The minimum atomic E-state index is 0.178. The number of rotatable bonds is 3. The average molecular weight is 180 g/mol. The van der Waals surface area contributed by atoms with Crippen LogP contribution in [0.2, 0.25) is 0 Å². The molecule has 2 heteroatoms. The fraction of sp³-hybridized carbons (Fsp3) is 0.727. The third-order valence-electron chi connectivity index (χ3n) is 2.15. The van der Waals surface area contributed by atoms with Gasteiger partial charge in [0.05, 0.1) is 5.69 Å². The summed E-state index contributed by atoms with van der Waals surface area (Å²) < 4.78 is 2.05. The van der Waals surface area contributed by atoms with E-state index in [1.807, 2.05) is 4.68 Å². The molecular weight excluding hydrogens is 160 g/mol. The lowest BCUT2D eigenvalue weighted by molar-refractivity contribution is 0.519. The van der Waals surface area contributed by atoms with Crippen molar-refractivity contribution in [3.63, 3.8) is 0 Å². The summed E-state index contributed by atoms with van der Waals surface area (Å²) in [6.45, 7) is 9.83. The van der Waals surface area contributed by atoms with Crippen molar-refractivity contribution in [1.82, 2.24) is 9.78 Å². The van der Waals surface area contributed by atoms with E-state index in [4.69, 9.17) is 0 Å². The van der Waals surface area contributed by atoms with E-state index < -0.39 is 0 Å². The van der Waals surface area contributed by atoms with Crippen LogP contribution in [-0.2, 0) is 12.0 Å². The van der Waals surface area contributed by atoms with Gasteiger partial charge in [-0.1, -0.05) is 34.1 Å². The van der Waals surface area contributed by atoms with Crippen LogP contribution in [-0.4, -0.2) is 9.78 Å². The zero-order chi connectivity index (χ0) is 9.90. The van der Waals surface area contributed by atoms with Crippen molar-refractivity contribution in [3.05, 3.63) is 18.0 Å². The highest BCUT2D eigenvalue weighted by molar-refractivity contribution is 5.10. The second-order valence-electron chi connectivity index (χ2n) is 4.57. The van der Waals surface area contributed by atoms with Crippen molar-refractivity contribution >= 4 is 0 Å². The molecule has 0 spiro atoms. The fourth-order valence-electron chi connectivity index (χ4n) is 1.21. The first-order valence-electron chi connectivity index (χ1n) is 5.08. The molecule has 0 amide bonds. The normalized spacial score (nSPS) is 12.0. The fourth-order valence-corrected chi connectivity index (χ4v) is 1.21. The van der Waals surface area contributed by atoms with Gasteiger partial charge >= 0.3 is 0 Å². The first-order chi connectivity index (χ1) is 6.04. The molecule has 1 heterocycles. The van der Waals surface area contributed by atoms with E-state index in [1.54, 1.807) is 0 Å². The molecule has 0 aromatic carbocycles. The monoisotopic (exact) mass is 180 g/mol. The molecule has 74 valence electrons. The molecule has 0 atom stereocenters. The summed E-state index contributed by atoms with van der Waals surface area (Å²) in [4.78, 5) is 0. The molecule has 0 saturated heterocycles. The summed E-state index contributed by atoms with van der Waals surface area (Å²) >= 11 is 0. The van der Waals surface area contributed by atoms with Crippen LogP contribution < -0.4 is 0 Å². The smallest absolute Gasteiger partial charge is 0.0677 e. The maximum absolute atomic E-state index is 4.54. The molecule has 0 aliphatic heterocycles. The molecule has 1 aromatic heterocycles. The lowest BCUT2D eigenvalue weighted by Gasteiger charge is -2.14. The Labute approximate surface area is 81.0 Å².